The van der Waals surface area contributed by atoms with Crippen molar-refractivity contribution in [3.8, 4) is 0 Å². The van der Waals surface area contributed by atoms with Crippen molar-refractivity contribution in [3.63, 3.8) is 0 Å². The minimum Gasteiger partial charge on any atom is -0.353 e. The van der Waals surface area contributed by atoms with Crippen LogP contribution in [0.3, 0.4) is 0 Å². The number of benzene rings is 2. The van der Waals surface area contributed by atoms with Crippen molar-refractivity contribution in [1.29, 1.82) is 0 Å². The average molecular weight is 471 g/mol. The van der Waals surface area contributed by atoms with Crippen LogP contribution >= 0.6 is 21.7 Å². The molecular formula is C28H39ClN2S. The lowest BCUT2D eigenvalue weighted by Gasteiger charge is -2.23. The third-order valence-electron chi connectivity index (χ3n) is 5.81. The summed E-state index contributed by atoms with van der Waals surface area (Å²) in [5.41, 5.74) is 9.29. The predicted octanol–water partition coefficient (Wildman–Crippen LogP) is 10.1. The summed E-state index contributed by atoms with van der Waals surface area (Å²) in [6.45, 7) is 19.9. The van der Waals surface area contributed by atoms with Crippen LogP contribution in [0.5, 0.6) is 0 Å². The molecule has 1 N–H and O–H groups in total. The van der Waals surface area contributed by atoms with Gasteiger partial charge in [-0.2, -0.15) is 0 Å². The van der Waals surface area contributed by atoms with Gasteiger partial charge in [-0.15, -0.1) is 0 Å². The quantitative estimate of drug-likeness (QED) is 0.368. The molecule has 0 aliphatic carbocycles. The molecule has 4 heteroatoms. The van der Waals surface area contributed by atoms with Crippen molar-refractivity contribution < 1.29 is 0 Å². The Balaban J connectivity index is 2.63. The molecular weight excluding hydrogens is 432 g/mol. The second-order valence-electron chi connectivity index (χ2n) is 9.66. The van der Waals surface area contributed by atoms with Gasteiger partial charge < -0.3 is 5.32 Å². The summed E-state index contributed by atoms with van der Waals surface area (Å²) in [6, 6.07) is 13.1. The summed E-state index contributed by atoms with van der Waals surface area (Å²) in [5.74, 6) is 1.62. The number of aliphatic imine (C=N–C) groups is 1. The molecule has 0 heterocycles. The summed E-state index contributed by atoms with van der Waals surface area (Å²) < 4.78 is 0. The number of halogens is 1. The lowest BCUT2D eigenvalue weighted by Crippen LogP contribution is -2.13. The number of allylic oxidation sites excluding steroid dienone is 1. The van der Waals surface area contributed by atoms with Crippen LogP contribution in [0.2, 0.25) is 0 Å². The predicted molar refractivity (Wildman–Crippen MR) is 147 cm³/mol. The van der Waals surface area contributed by atoms with Crippen LogP contribution in [0.4, 0.5) is 11.4 Å². The Morgan fingerprint density at radius 2 is 1.19 bits per heavy atom. The van der Waals surface area contributed by atoms with Gasteiger partial charge in [0.25, 0.3) is 0 Å². The fraction of sp³-hybridized carbons (Fsp3) is 0.464. The van der Waals surface area contributed by atoms with Gasteiger partial charge in [-0.25, -0.2) is 0 Å². The Kier molecular flexibility index (Phi) is 9.91. The van der Waals surface area contributed by atoms with E-state index in [9.17, 15) is 0 Å². The van der Waals surface area contributed by atoms with Crippen molar-refractivity contribution in [2.75, 3.05) is 5.32 Å². The SMILES string of the molecule is CC(=Nc1c(C(C)C)cccc1C(C)C)/C(=C\SCl)Nc1c(C(C)C)cccc1C(C)C. The zero-order valence-electron chi connectivity index (χ0n) is 21.1. The van der Waals surface area contributed by atoms with Crippen molar-refractivity contribution in [1.82, 2.24) is 0 Å². The summed E-state index contributed by atoms with van der Waals surface area (Å²) in [6.07, 6.45) is 0. The molecule has 0 radical (unpaired) electrons. The van der Waals surface area contributed by atoms with Crippen LogP contribution in [0.1, 0.15) is 108 Å². The van der Waals surface area contributed by atoms with Gasteiger partial charge in [0.1, 0.15) is 0 Å². The van der Waals surface area contributed by atoms with E-state index in [1.54, 1.807) is 0 Å². The van der Waals surface area contributed by atoms with Gasteiger partial charge >= 0.3 is 0 Å². The largest absolute Gasteiger partial charge is 0.353 e. The van der Waals surface area contributed by atoms with Gasteiger partial charge in [-0.3, -0.25) is 4.99 Å². The summed E-state index contributed by atoms with van der Waals surface area (Å²) in [7, 11) is 7.31. The van der Waals surface area contributed by atoms with E-state index in [1.807, 2.05) is 5.41 Å². The number of nitrogens with one attached hydrogen (secondary N) is 1. The summed E-state index contributed by atoms with van der Waals surface area (Å²) >= 11 is 0. The molecule has 0 saturated carbocycles. The molecule has 2 nitrogen and oxygen atoms in total. The molecule has 0 fully saturated rings. The zero-order valence-corrected chi connectivity index (χ0v) is 22.7. The van der Waals surface area contributed by atoms with Crippen LogP contribution in [0.25, 0.3) is 0 Å². The number of rotatable bonds is 9. The van der Waals surface area contributed by atoms with Crippen molar-refractivity contribution in [2.24, 2.45) is 4.99 Å². The van der Waals surface area contributed by atoms with E-state index in [1.165, 1.54) is 38.9 Å². The van der Waals surface area contributed by atoms with Gasteiger partial charge in [-0.05, 0) is 74.5 Å². The van der Waals surface area contributed by atoms with Crippen molar-refractivity contribution >= 4 is 38.7 Å². The van der Waals surface area contributed by atoms with Crippen LogP contribution < -0.4 is 5.32 Å². The smallest absolute Gasteiger partial charge is 0.0702 e. The van der Waals surface area contributed by atoms with Crippen LogP contribution in [-0.2, 0) is 0 Å². The van der Waals surface area contributed by atoms with Crippen LogP contribution in [0, 0.1) is 0 Å². The lowest BCUT2D eigenvalue weighted by molar-refractivity contribution is 0.834. The molecule has 2 rings (SSSR count). The number of anilines is 1. The summed E-state index contributed by atoms with van der Waals surface area (Å²) in [4.78, 5) is 5.18. The van der Waals surface area contributed by atoms with Crippen LogP contribution in [0.15, 0.2) is 52.5 Å². The molecule has 0 aliphatic rings. The van der Waals surface area contributed by atoms with Gasteiger partial charge in [0.2, 0.25) is 0 Å². The first-order chi connectivity index (χ1) is 15.1. The Hall–Kier alpha value is -1.71. The normalized spacial score (nSPS) is 13.1. The van der Waals surface area contributed by atoms with E-state index < -0.39 is 0 Å². The molecule has 0 atom stereocenters. The Morgan fingerprint density at radius 3 is 1.56 bits per heavy atom. The molecule has 0 amide bonds. The summed E-state index contributed by atoms with van der Waals surface area (Å²) in [5, 5.41) is 5.68. The maximum Gasteiger partial charge on any atom is 0.0702 e. The van der Waals surface area contributed by atoms with E-state index in [0.29, 0.717) is 23.7 Å². The van der Waals surface area contributed by atoms with E-state index >= 15 is 0 Å². The fourth-order valence-electron chi connectivity index (χ4n) is 3.95. The minimum absolute atomic E-state index is 0.400. The molecule has 0 saturated heterocycles. The van der Waals surface area contributed by atoms with Crippen molar-refractivity contribution in [2.45, 2.75) is 86.0 Å². The standard InChI is InChI=1S/C28H39ClN2S/c1-17(2)22-12-10-13-23(18(3)4)27(22)30-21(9)26(16-32-29)31-28-24(19(5)6)14-11-15-25(28)20(7)8/h10-20,31H,1-9H3/b26-16+,30-21?. The molecule has 0 aromatic heterocycles. The maximum absolute atomic E-state index is 6.12. The number of nitrogens with zero attached hydrogens (tertiary/aromatic N) is 1. The number of hydrogen-bond acceptors (Lipinski definition) is 3. The highest BCUT2D eigenvalue weighted by Gasteiger charge is 2.18. The first-order valence-corrected chi connectivity index (χ1v) is 13.3. The topological polar surface area (TPSA) is 24.4 Å². The van der Waals surface area contributed by atoms with Gasteiger partial charge in [0, 0.05) is 11.1 Å². The van der Waals surface area contributed by atoms with Gasteiger partial charge in [-0.1, -0.05) is 91.8 Å². The minimum atomic E-state index is 0.400. The molecule has 32 heavy (non-hydrogen) atoms. The number of hydrogen-bond donors (Lipinski definition) is 1. The van der Waals surface area contributed by atoms with E-state index in [2.05, 4.69) is 104 Å². The fourth-order valence-corrected chi connectivity index (χ4v) is 4.53. The highest BCUT2D eigenvalue weighted by Crippen LogP contribution is 2.37. The highest BCUT2D eigenvalue weighted by atomic mass is 35.7. The Labute approximate surface area is 204 Å². The first kappa shape index (κ1) is 26.5. The van der Waals surface area contributed by atoms with Gasteiger partial charge in [0.15, 0.2) is 0 Å². The molecule has 0 spiro atoms. The Bertz CT molecular complexity index is 919. The second kappa shape index (κ2) is 12.0. The highest BCUT2D eigenvalue weighted by molar-refractivity contribution is 8.23. The molecule has 0 bridgehead atoms. The third kappa shape index (κ3) is 6.42. The maximum atomic E-state index is 6.12. The van der Waals surface area contributed by atoms with E-state index in [4.69, 9.17) is 15.7 Å². The zero-order chi connectivity index (χ0) is 24.0. The third-order valence-corrected chi connectivity index (χ3v) is 6.40. The molecule has 2 aromatic rings. The van der Waals surface area contributed by atoms with E-state index in [-0.39, 0.29) is 0 Å². The average Bonchev–Trinajstić information content (AvgIpc) is 2.72. The first-order valence-electron chi connectivity index (χ1n) is 11.6. The Morgan fingerprint density at radius 1 is 0.781 bits per heavy atom. The van der Waals surface area contributed by atoms with Crippen molar-refractivity contribution in [3.05, 3.63) is 69.8 Å². The molecule has 0 aliphatic heterocycles. The molecule has 2 aromatic carbocycles. The monoisotopic (exact) mass is 470 g/mol. The second-order valence-corrected chi connectivity index (χ2v) is 10.6. The lowest BCUT2D eigenvalue weighted by atomic mass is 9.92. The van der Waals surface area contributed by atoms with Gasteiger partial charge in [0.05, 0.1) is 17.1 Å². The van der Waals surface area contributed by atoms with E-state index in [0.717, 1.165) is 17.1 Å². The molecule has 0 unspecified atom stereocenters. The molecule has 174 valence electrons. The number of para-hydroxylation sites is 2. The van der Waals surface area contributed by atoms with Crippen LogP contribution in [-0.4, -0.2) is 5.71 Å².